The highest BCUT2D eigenvalue weighted by atomic mass is 32.1. The van der Waals surface area contributed by atoms with Gasteiger partial charge in [-0.1, -0.05) is 19.9 Å². The number of carbonyl (C=O) groups is 1. The number of nitrogens with one attached hydrogen (secondary N) is 1. The van der Waals surface area contributed by atoms with E-state index in [0.29, 0.717) is 6.54 Å². The molecule has 1 aliphatic rings. The van der Waals surface area contributed by atoms with E-state index in [0.717, 1.165) is 32.5 Å². The first-order valence-corrected chi connectivity index (χ1v) is 7.50. The third kappa shape index (κ3) is 3.33. The Balaban J connectivity index is 1.76. The van der Waals surface area contributed by atoms with Crippen molar-refractivity contribution in [2.75, 3.05) is 26.2 Å². The van der Waals surface area contributed by atoms with E-state index in [9.17, 15) is 4.79 Å². The van der Waals surface area contributed by atoms with Crippen LogP contribution in [0, 0.1) is 0 Å². The molecule has 2 rings (SSSR count). The lowest BCUT2D eigenvalue weighted by Crippen LogP contribution is -2.40. The highest BCUT2D eigenvalue weighted by molar-refractivity contribution is 7.10. The summed E-state index contributed by atoms with van der Waals surface area (Å²) in [6.45, 7) is 7.61. The number of hydrogen-bond donors (Lipinski definition) is 1. The van der Waals surface area contributed by atoms with Crippen molar-refractivity contribution in [1.82, 2.24) is 10.2 Å². The molecule has 1 aromatic heterocycles. The molecule has 18 heavy (non-hydrogen) atoms. The molecule has 1 N–H and O–H groups in total. The first-order chi connectivity index (χ1) is 8.59. The van der Waals surface area contributed by atoms with Crippen LogP contribution in [0.25, 0.3) is 0 Å². The molecule has 4 heteroatoms. The Morgan fingerprint density at radius 1 is 1.44 bits per heavy atom. The van der Waals surface area contributed by atoms with E-state index >= 15 is 0 Å². The third-order valence-electron chi connectivity index (χ3n) is 3.49. The minimum Gasteiger partial charge on any atom is -0.342 e. The van der Waals surface area contributed by atoms with Gasteiger partial charge in [0.1, 0.15) is 0 Å². The van der Waals surface area contributed by atoms with Gasteiger partial charge in [0.25, 0.3) is 0 Å². The molecule has 0 spiro atoms. The molecule has 0 bridgehead atoms. The summed E-state index contributed by atoms with van der Waals surface area (Å²) in [6, 6.07) is 4.24. The van der Waals surface area contributed by atoms with Gasteiger partial charge in [0.05, 0.1) is 6.54 Å². The molecule has 0 aliphatic carbocycles. The van der Waals surface area contributed by atoms with Gasteiger partial charge in [-0.15, -0.1) is 11.3 Å². The lowest BCUT2D eigenvalue weighted by atomic mass is 9.91. The van der Waals surface area contributed by atoms with Crippen molar-refractivity contribution in [3.8, 4) is 0 Å². The molecule has 1 fully saturated rings. The molecule has 0 saturated carbocycles. The molecule has 1 aliphatic heterocycles. The number of carbonyl (C=O) groups excluding carboxylic acids is 1. The molecule has 1 aromatic rings. The molecule has 1 saturated heterocycles. The van der Waals surface area contributed by atoms with Gasteiger partial charge in [-0.3, -0.25) is 4.79 Å². The van der Waals surface area contributed by atoms with Crippen molar-refractivity contribution < 1.29 is 4.79 Å². The average molecular weight is 266 g/mol. The SMILES string of the molecule is CC(C)(CNCC(=O)N1CCCC1)c1cccs1. The van der Waals surface area contributed by atoms with E-state index in [1.807, 2.05) is 4.90 Å². The molecule has 0 unspecified atom stereocenters. The average Bonchev–Trinajstić information content (AvgIpc) is 3.02. The van der Waals surface area contributed by atoms with Gasteiger partial charge in [0.15, 0.2) is 0 Å². The third-order valence-corrected chi connectivity index (χ3v) is 4.73. The van der Waals surface area contributed by atoms with Crippen LogP contribution in [0.1, 0.15) is 31.6 Å². The summed E-state index contributed by atoms with van der Waals surface area (Å²) in [7, 11) is 0. The van der Waals surface area contributed by atoms with E-state index in [2.05, 4.69) is 36.7 Å². The van der Waals surface area contributed by atoms with E-state index in [4.69, 9.17) is 0 Å². The highest BCUT2D eigenvalue weighted by Gasteiger charge is 2.22. The van der Waals surface area contributed by atoms with Gasteiger partial charge in [0, 0.05) is 29.9 Å². The van der Waals surface area contributed by atoms with E-state index < -0.39 is 0 Å². The van der Waals surface area contributed by atoms with Crippen LogP contribution < -0.4 is 5.32 Å². The second kappa shape index (κ2) is 5.85. The zero-order chi connectivity index (χ0) is 13.0. The van der Waals surface area contributed by atoms with Crippen molar-refractivity contribution in [3.05, 3.63) is 22.4 Å². The van der Waals surface area contributed by atoms with Crippen molar-refractivity contribution >= 4 is 17.2 Å². The van der Waals surface area contributed by atoms with Gasteiger partial charge >= 0.3 is 0 Å². The molecule has 0 aromatic carbocycles. The quantitative estimate of drug-likeness (QED) is 0.886. The van der Waals surface area contributed by atoms with E-state index in [-0.39, 0.29) is 11.3 Å². The number of likely N-dealkylation sites (tertiary alicyclic amines) is 1. The summed E-state index contributed by atoms with van der Waals surface area (Å²) < 4.78 is 0. The summed E-state index contributed by atoms with van der Waals surface area (Å²) in [5, 5.41) is 5.41. The van der Waals surface area contributed by atoms with Crippen molar-refractivity contribution in [3.63, 3.8) is 0 Å². The maximum Gasteiger partial charge on any atom is 0.236 e. The second-order valence-corrected chi connectivity index (χ2v) is 6.50. The van der Waals surface area contributed by atoms with E-state index in [1.54, 1.807) is 11.3 Å². The first-order valence-electron chi connectivity index (χ1n) is 6.62. The monoisotopic (exact) mass is 266 g/mol. The molecule has 100 valence electrons. The molecule has 3 nitrogen and oxygen atoms in total. The number of hydrogen-bond acceptors (Lipinski definition) is 3. The van der Waals surface area contributed by atoms with Crippen LogP contribution in [-0.4, -0.2) is 37.0 Å². The summed E-state index contributed by atoms with van der Waals surface area (Å²) in [5.74, 6) is 0.245. The lowest BCUT2D eigenvalue weighted by Gasteiger charge is -2.24. The first kappa shape index (κ1) is 13.6. The Kier molecular flexibility index (Phi) is 4.40. The van der Waals surface area contributed by atoms with Gasteiger partial charge in [-0.25, -0.2) is 0 Å². The highest BCUT2D eigenvalue weighted by Crippen LogP contribution is 2.26. The van der Waals surface area contributed by atoms with Crippen molar-refractivity contribution in [1.29, 1.82) is 0 Å². The standard InChI is InChI=1S/C14H22N2OS/c1-14(2,12-6-5-9-18-12)11-15-10-13(17)16-7-3-4-8-16/h5-6,9,15H,3-4,7-8,10-11H2,1-2H3. The van der Waals surface area contributed by atoms with Crippen LogP contribution in [-0.2, 0) is 10.2 Å². The minimum atomic E-state index is 0.0967. The summed E-state index contributed by atoms with van der Waals surface area (Å²) in [5.41, 5.74) is 0.0967. The maximum absolute atomic E-state index is 11.9. The Bertz CT molecular complexity index is 381. The minimum absolute atomic E-state index is 0.0967. The number of thiophene rings is 1. The van der Waals surface area contributed by atoms with Crippen LogP contribution in [0.5, 0.6) is 0 Å². The summed E-state index contributed by atoms with van der Waals surface area (Å²) in [6.07, 6.45) is 2.32. The Morgan fingerprint density at radius 2 is 2.17 bits per heavy atom. The Hall–Kier alpha value is -0.870. The molecular formula is C14H22N2OS. The van der Waals surface area contributed by atoms with Crippen molar-refractivity contribution in [2.45, 2.75) is 32.1 Å². The number of nitrogens with zero attached hydrogens (tertiary/aromatic N) is 1. The normalized spacial score (nSPS) is 16.2. The van der Waals surface area contributed by atoms with Crippen LogP contribution >= 0.6 is 11.3 Å². The largest absolute Gasteiger partial charge is 0.342 e. The topological polar surface area (TPSA) is 32.3 Å². The molecule has 2 heterocycles. The molecule has 0 atom stereocenters. The molecular weight excluding hydrogens is 244 g/mol. The fourth-order valence-corrected chi connectivity index (χ4v) is 3.16. The maximum atomic E-state index is 11.9. The molecule has 1 amide bonds. The zero-order valence-electron chi connectivity index (χ0n) is 11.2. The molecule has 0 radical (unpaired) electrons. The summed E-state index contributed by atoms with van der Waals surface area (Å²) in [4.78, 5) is 15.2. The predicted octanol–water partition coefficient (Wildman–Crippen LogP) is 2.24. The van der Waals surface area contributed by atoms with Crippen LogP contribution in [0.15, 0.2) is 17.5 Å². The van der Waals surface area contributed by atoms with Crippen LogP contribution in [0.4, 0.5) is 0 Å². The Labute approximate surface area is 113 Å². The van der Waals surface area contributed by atoms with Gasteiger partial charge in [-0.05, 0) is 24.3 Å². The van der Waals surface area contributed by atoms with Crippen LogP contribution in [0.3, 0.4) is 0 Å². The van der Waals surface area contributed by atoms with Gasteiger partial charge in [0.2, 0.25) is 5.91 Å². The van der Waals surface area contributed by atoms with Crippen LogP contribution in [0.2, 0.25) is 0 Å². The van der Waals surface area contributed by atoms with Crippen molar-refractivity contribution in [2.24, 2.45) is 0 Å². The second-order valence-electron chi connectivity index (χ2n) is 5.55. The lowest BCUT2D eigenvalue weighted by molar-refractivity contribution is -0.129. The smallest absolute Gasteiger partial charge is 0.236 e. The van der Waals surface area contributed by atoms with E-state index in [1.165, 1.54) is 4.88 Å². The van der Waals surface area contributed by atoms with Gasteiger partial charge < -0.3 is 10.2 Å². The number of amides is 1. The Morgan fingerprint density at radius 3 is 2.78 bits per heavy atom. The number of rotatable bonds is 5. The summed E-state index contributed by atoms with van der Waals surface area (Å²) >= 11 is 1.78. The fraction of sp³-hybridized carbons (Fsp3) is 0.643. The van der Waals surface area contributed by atoms with Gasteiger partial charge in [-0.2, -0.15) is 0 Å². The predicted molar refractivity (Wildman–Crippen MR) is 76.0 cm³/mol. The zero-order valence-corrected chi connectivity index (χ0v) is 12.1. The fourth-order valence-electron chi connectivity index (χ4n) is 2.31.